The minimum Gasteiger partial charge on any atom is -0.508 e. The molecule has 112 valence electrons. The third-order valence-corrected chi connectivity index (χ3v) is 5.31. The minimum absolute atomic E-state index is 0.0611. The van der Waals surface area contributed by atoms with E-state index in [-0.39, 0.29) is 15.1 Å². The Bertz CT molecular complexity index is 806. The highest BCUT2D eigenvalue weighted by Crippen LogP contribution is 2.29. The SMILES string of the molecule is Cc1cc(NS(=O)(=O)c2ccc(F)cc2Br)c(C)cc1O. The molecule has 0 aliphatic heterocycles. The lowest BCUT2D eigenvalue weighted by Crippen LogP contribution is -2.14. The Hall–Kier alpha value is -1.60. The molecule has 2 aromatic rings. The lowest BCUT2D eigenvalue weighted by Gasteiger charge is -2.13. The van der Waals surface area contributed by atoms with Crippen LogP contribution in [-0.2, 0) is 10.0 Å². The van der Waals surface area contributed by atoms with Crippen molar-refractivity contribution in [3.8, 4) is 5.75 Å². The van der Waals surface area contributed by atoms with Crippen molar-refractivity contribution in [1.82, 2.24) is 0 Å². The Morgan fingerprint density at radius 2 is 1.81 bits per heavy atom. The summed E-state index contributed by atoms with van der Waals surface area (Å²) in [6.07, 6.45) is 0. The van der Waals surface area contributed by atoms with Crippen LogP contribution in [0.2, 0.25) is 0 Å². The summed E-state index contributed by atoms with van der Waals surface area (Å²) in [5.74, 6) is -0.434. The van der Waals surface area contributed by atoms with Crippen LogP contribution in [0.25, 0.3) is 0 Å². The molecule has 0 aliphatic carbocycles. The molecule has 7 heteroatoms. The van der Waals surface area contributed by atoms with E-state index < -0.39 is 15.8 Å². The Morgan fingerprint density at radius 1 is 1.14 bits per heavy atom. The summed E-state index contributed by atoms with van der Waals surface area (Å²) in [5.41, 5.74) is 1.50. The first-order valence-electron chi connectivity index (χ1n) is 5.99. The highest BCUT2D eigenvalue weighted by atomic mass is 79.9. The monoisotopic (exact) mass is 373 g/mol. The molecule has 0 bridgehead atoms. The first kappa shape index (κ1) is 15.8. The molecule has 0 radical (unpaired) electrons. The van der Waals surface area contributed by atoms with Crippen molar-refractivity contribution in [3.63, 3.8) is 0 Å². The number of nitrogens with one attached hydrogen (secondary N) is 1. The van der Waals surface area contributed by atoms with E-state index in [4.69, 9.17) is 0 Å². The zero-order valence-corrected chi connectivity index (χ0v) is 13.7. The highest BCUT2D eigenvalue weighted by Gasteiger charge is 2.19. The summed E-state index contributed by atoms with van der Waals surface area (Å²) in [5, 5.41) is 9.59. The Morgan fingerprint density at radius 3 is 2.43 bits per heavy atom. The molecule has 2 aromatic carbocycles. The van der Waals surface area contributed by atoms with Crippen molar-refractivity contribution in [2.45, 2.75) is 18.7 Å². The van der Waals surface area contributed by atoms with E-state index in [2.05, 4.69) is 20.7 Å². The second kappa shape index (κ2) is 5.65. The zero-order valence-electron chi connectivity index (χ0n) is 11.3. The Labute approximate surface area is 130 Å². The molecule has 0 unspecified atom stereocenters. The fourth-order valence-electron chi connectivity index (χ4n) is 1.80. The molecule has 0 amide bonds. The van der Waals surface area contributed by atoms with E-state index in [1.54, 1.807) is 19.9 Å². The van der Waals surface area contributed by atoms with Gasteiger partial charge in [0.05, 0.1) is 5.69 Å². The van der Waals surface area contributed by atoms with E-state index in [1.807, 2.05) is 0 Å². The van der Waals surface area contributed by atoms with Crippen molar-refractivity contribution < 1.29 is 17.9 Å². The molecule has 2 rings (SSSR count). The predicted octanol–water partition coefficient (Wildman–Crippen LogP) is 3.71. The van der Waals surface area contributed by atoms with Gasteiger partial charge in [-0.15, -0.1) is 0 Å². The molecule has 0 fully saturated rings. The number of rotatable bonds is 3. The molecule has 0 saturated heterocycles. The van der Waals surface area contributed by atoms with Gasteiger partial charge in [-0.25, -0.2) is 12.8 Å². The minimum atomic E-state index is -3.86. The number of benzene rings is 2. The van der Waals surface area contributed by atoms with Gasteiger partial charge in [0.25, 0.3) is 10.0 Å². The van der Waals surface area contributed by atoms with E-state index in [9.17, 15) is 17.9 Å². The maximum absolute atomic E-state index is 13.1. The smallest absolute Gasteiger partial charge is 0.263 e. The molecule has 0 heterocycles. The van der Waals surface area contributed by atoms with Gasteiger partial charge in [-0.2, -0.15) is 0 Å². The first-order chi connectivity index (χ1) is 9.70. The van der Waals surface area contributed by atoms with Crippen molar-refractivity contribution in [2.75, 3.05) is 4.72 Å². The number of hydrogen-bond donors (Lipinski definition) is 2. The van der Waals surface area contributed by atoms with Gasteiger partial charge in [-0.3, -0.25) is 4.72 Å². The second-order valence-electron chi connectivity index (χ2n) is 4.63. The maximum Gasteiger partial charge on any atom is 0.263 e. The number of aryl methyl sites for hydroxylation is 2. The summed E-state index contributed by atoms with van der Waals surface area (Å²) < 4.78 is 40.3. The molecule has 0 aromatic heterocycles. The van der Waals surface area contributed by atoms with Gasteiger partial charge in [-0.1, -0.05) is 0 Å². The average Bonchev–Trinajstić information content (AvgIpc) is 2.35. The van der Waals surface area contributed by atoms with E-state index in [1.165, 1.54) is 12.1 Å². The van der Waals surface area contributed by atoms with Crippen LogP contribution >= 0.6 is 15.9 Å². The molecular weight excluding hydrogens is 361 g/mol. The van der Waals surface area contributed by atoms with Gasteiger partial charge >= 0.3 is 0 Å². The molecular formula is C14H13BrFNO3S. The van der Waals surface area contributed by atoms with Crippen LogP contribution in [0.5, 0.6) is 5.75 Å². The van der Waals surface area contributed by atoms with Crippen LogP contribution in [0, 0.1) is 19.7 Å². The fourth-order valence-corrected chi connectivity index (χ4v) is 3.98. The number of sulfonamides is 1. The summed E-state index contributed by atoms with van der Waals surface area (Å²) in [7, 11) is -3.86. The van der Waals surface area contributed by atoms with Crippen molar-refractivity contribution in [1.29, 1.82) is 0 Å². The zero-order chi connectivity index (χ0) is 15.8. The molecule has 0 aliphatic rings. The average molecular weight is 374 g/mol. The number of phenols is 1. The van der Waals surface area contributed by atoms with Crippen molar-refractivity contribution in [3.05, 3.63) is 51.7 Å². The third-order valence-electron chi connectivity index (χ3n) is 2.97. The van der Waals surface area contributed by atoms with Gasteiger partial charge in [0.1, 0.15) is 16.5 Å². The van der Waals surface area contributed by atoms with Crippen LogP contribution in [0.3, 0.4) is 0 Å². The van der Waals surface area contributed by atoms with Gasteiger partial charge in [-0.05, 0) is 71.2 Å². The molecule has 0 atom stereocenters. The lowest BCUT2D eigenvalue weighted by molar-refractivity contribution is 0.471. The third kappa shape index (κ3) is 3.36. The van der Waals surface area contributed by atoms with Crippen LogP contribution in [0.15, 0.2) is 39.7 Å². The standard InChI is InChI=1S/C14H13BrFNO3S/c1-8-6-13(18)9(2)5-12(8)17-21(19,20)14-4-3-10(16)7-11(14)15/h3-7,17-18H,1-2H3. The number of aromatic hydroxyl groups is 1. The molecule has 0 spiro atoms. The van der Waals surface area contributed by atoms with E-state index in [0.29, 0.717) is 16.8 Å². The number of phenolic OH excluding ortho intramolecular Hbond substituents is 1. The second-order valence-corrected chi connectivity index (χ2v) is 7.14. The van der Waals surface area contributed by atoms with Crippen molar-refractivity contribution in [2.24, 2.45) is 0 Å². The van der Waals surface area contributed by atoms with Gasteiger partial charge in [0.15, 0.2) is 0 Å². The van der Waals surface area contributed by atoms with Crippen LogP contribution in [0.4, 0.5) is 10.1 Å². The normalized spacial score (nSPS) is 11.4. The highest BCUT2D eigenvalue weighted by molar-refractivity contribution is 9.10. The summed E-state index contributed by atoms with van der Waals surface area (Å²) in [6, 6.07) is 6.37. The quantitative estimate of drug-likeness (QED) is 0.805. The van der Waals surface area contributed by atoms with Crippen LogP contribution in [-0.4, -0.2) is 13.5 Å². The van der Waals surface area contributed by atoms with Gasteiger partial charge in [0, 0.05) is 4.47 Å². The lowest BCUT2D eigenvalue weighted by atomic mass is 10.1. The molecule has 2 N–H and O–H groups in total. The number of hydrogen-bond acceptors (Lipinski definition) is 3. The molecule has 21 heavy (non-hydrogen) atoms. The van der Waals surface area contributed by atoms with Crippen LogP contribution in [0.1, 0.15) is 11.1 Å². The van der Waals surface area contributed by atoms with Crippen molar-refractivity contribution >= 4 is 31.6 Å². The summed E-state index contributed by atoms with van der Waals surface area (Å²) in [6.45, 7) is 3.34. The van der Waals surface area contributed by atoms with Crippen LogP contribution < -0.4 is 4.72 Å². The van der Waals surface area contributed by atoms with E-state index >= 15 is 0 Å². The van der Waals surface area contributed by atoms with E-state index in [0.717, 1.165) is 12.1 Å². The number of halogens is 2. The number of anilines is 1. The molecule has 0 saturated carbocycles. The van der Waals surface area contributed by atoms with Gasteiger partial charge < -0.3 is 5.11 Å². The molecule has 4 nitrogen and oxygen atoms in total. The first-order valence-corrected chi connectivity index (χ1v) is 8.26. The Kier molecular flexibility index (Phi) is 4.25. The largest absolute Gasteiger partial charge is 0.508 e. The summed E-state index contributed by atoms with van der Waals surface area (Å²) >= 11 is 3.04. The Balaban J connectivity index is 2.45. The predicted molar refractivity (Wildman–Crippen MR) is 82.5 cm³/mol. The van der Waals surface area contributed by atoms with Gasteiger partial charge in [0.2, 0.25) is 0 Å². The fraction of sp³-hybridized carbons (Fsp3) is 0.143. The topological polar surface area (TPSA) is 66.4 Å². The maximum atomic E-state index is 13.1. The summed E-state index contributed by atoms with van der Waals surface area (Å²) in [4.78, 5) is -0.0611.